The van der Waals surface area contributed by atoms with Crippen molar-refractivity contribution in [3.05, 3.63) is 72.3 Å². The van der Waals surface area contributed by atoms with Crippen molar-refractivity contribution < 1.29 is 64.3 Å². The average molecular weight is 596 g/mol. The number of fused-ring (bicyclic) bond motifs is 1. The zero-order chi connectivity index (χ0) is 30.8. The second-order valence-corrected chi connectivity index (χ2v) is 9.71. The molecule has 224 valence electrons. The van der Waals surface area contributed by atoms with Crippen LogP contribution in [0.3, 0.4) is 0 Å². The first kappa shape index (κ1) is 29.4. The van der Waals surface area contributed by atoms with Crippen molar-refractivity contribution in [2.24, 2.45) is 0 Å². The maximum Gasteiger partial charge on any atom is 0.402 e. The summed E-state index contributed by atoms with van der Waals surface area (Å²) in [4.78, 5) is 12.3. The molecule has 1 saturated heterocycles. The number of aliphatic hydroxyl groups excluding tert-OH is 3. The van der Waals surface area contributed by atoms with Crippen LogP contribution in [0.1, 0.15) is 5.56 Å². The molecule has 2 heterocycles. The van der Waals surface area contributed by atoms with Gasteiger partial charge in [0.15, 0.2) is 11.5 Å². The number of carbonyl (C=O) groups is 1. The van der Waals surface area contributed by atoms with Gasteiger partial charge in [0.2, 0.25) is 12.0 Å². The Morgan fingerprint density at radius 2 is 1.56 bits per heavy atom. The zero-order valence-electron chi connectivity index (χ0n) is 22.1. The van der Waals surface area contributed by atoms with E-state index in [1.54, 1.807) is 0 Å². The third kappa shape index (κ3) is 6.39. The molecule has 1 aliphatic heterocycles. The number of hydrogen-bond acceptors (Lipinski definition) is 12. The third-order valence-corrected chi connectivity index (χ3v) is 6.66. The quantitative estimate of drug-likeness (QED) is 0.0667. The van der Waals surface area contributed by atoms with Gasteiger partial charge in [0.1, 0.15) is 53.7 Å². The number of aliphatic hydroxyl groups is 3. The van der Waals surface area contributed by atoms with Gasteiger partial charge in [-0.3, -0.25) is 0 Å². The van der Waals surface area contributed by atoms with E-state index in [2.05, 4.69) is 0 Å². The first-order valence-corrected chi connectivity index (χ1v) is 12.9. The topological polar surface area (TPSA) is 218 Å². The van der Waals surface area contributed by atoms with Gasteiger partial charge in [0, 0.05) is 18.2 Å². The molecule has 8 N–H and O–H groups in total. The highest BCUT2D eigenvalue weighted by Crippen LogP contribution is 2.40. The minimum atomic E-state index is -1.78. The molecule has 0 radical (unpaired) electrons. The van der Waals surface area contributed by atoms with Crippen molar-refractivity contribution in [2.75, 3.05) is 6.61 Å². The third-order valence-electron chi connectivity index (χ3n) is 6.66. The Morgan fingerprint density at radius 3 is 2.28 bits per heavy atom. The van der Waals surface area contributed by atoms with Crippen LogP contribution in [-0.4, -0.2) is 84.1 Å². The van der Waals surface area contributed by atoms with Crippen LogP contribution in [0.4, 0.5) is 0 Å². The highest BCUT2D eigenvalue weighted by Gasteiger charge is 2.46. The van der Waals surface area contributed by atoms with Crippen LogP contribution in [-0.2, 0) is 14.3 Å². The average Bonchev–Trinajstić information content (AvgIpc) is 2.97. The number of phenols is 5. The molecule has 43 heavy (non-hydrogen) atoms. The Balaban J connectivity index is 1.37. The Morgan fingerprint density at radius 1 is 0.814 bits per heavy atom. The number of ether oxygens (including phenoxy) is 3. The van der Waals surface area contributed by atoms with Crippen LogP contribution in [0.25, 0.3) is 28.4 Å². The molecule has 4 aromatic rings. The van der Waals surface area contributed by atoms with E-state index < -0.39 is 43.3 Å². The lowest BCUT2D eigenvalue weighted by atomic mass is 9.99. The fourth-order valence-electron chi connectivity index (χ4n) is 4.38. The van der Waals surface area contributed by atoms with E-state index >= 15 is 0 Å². The van der Waals surface area contributed by atoms with E-state index in [4.69, 9.17) is 18.6 Å². The lowest BCUT2D eigenvalue weighted by molar-refractivity contribution is -0.278. The number of aromatic hydroxyl groups is 5. The monoisotopic (exact) mass is 595 g/mol. The maximum absolute atomic E-state index is 12.3. The Hall–Kier alpha value is -5.08. The van der Waals surface area contributed by atoms with Gasteiger partial charge < -0.3 is 55.1 Å². The first-order valence-electron chi connectivity index (χ1n) is 12.9. The van der Waals surface area contributed by atoms with Crippen molar-refractivity contribution in [1.29, 1.82) is 0 Å². The van der Waals surface area contributed by atoms with Crippen LogP contribution >= 0.6 is 0 Å². The zero-order valence-corrected chi connectivity index (χ0v) is 22.1. The van der Waals surface area contributed by atoms with Gasteiger partial charge in [0.25, 0.3) is 0 Å². The molecule has 13 heteroatoms. The molecule has 1 aliphatic rings. The van der Waals surface area contributed by atoms with Crippen LogP contribution < -0.4 is 4.74 Å². The highest BCUT2D eigenvalue weighted by atomic mass is 16.7. The van der Waals surface area contributed by atoms with Gasteiger partial charge >= 0.3 is 17.3 Å². The van der Waals surface area contributed by atoms with Crippen molar-refractivity contribution in [3.8, 4) is 45.8 Å². The lowest BCUT2D eigenvalue weighted by Gasteiger charge is -2.39. The molecule has 0 aliphatic carbocycles. The van der Waals surface area contributed by atoms with Gasteiger partial charge in [0.05, 0.1) is 11.6 Å². The summed E-state index contributed by atoms with van der Waals surface area (Å²) in [5.41, 5.74) is 0.858. The van der Waals surface area contributed by atoms with E-state index in [0.29, 0.717) is 11.1 Å². The van der Waals surface area contributed by atoms with Crippen molar-refractivity contribution >= 4 is 23.0 Å². The summed E-state index contributed by atoms with van der Waals surface area (Å²) in [6.45, 7) is -0.554. The second kappa shape index (κ2) is 12.0. The molecule has 0 bridgehead atoms. The lowest BCUT2D eigenvalue weighted by Crippen LogP contribution is -2.60. The molecule has 0 spiro atoms. The number of phenolic OH excluding ortho intramolecular Hbond substituents is 5. The molecule has 3 aromatic carbocycles. The summed E-state index contributed by atoms with van der Waals surface area (Å²) in [6.07, 6.45) is -5.86. The predicted octanol–water partition coefficient (Wildman–Crippen LogP) is 2.35. The molecular weight excluding hydrogens is 568 g/mol. The minimum Gasteiger partial charge on any atom is -0.508 e. The molecule has 13 nitrogen and oxygen atoms in total. The van der Waals surface area contributed by atoms with Gasteiger partial charge in [-0.25, -0.2) is 9.21 Å². The summed E-state index contributed by atoms with van der Waals surface area (Å²) in [5, 5.41) is 80.7. The second-order valence-electron chi connectivity index (χ2n) is 9.71. The standard InChI is InChI=1S/C30H26O13/c31-16-5-3-15(4-6-16)29-23(12-18-20(34)10-17(32)11-22(18)41-29)42-30-28(39)27(38)26(37)24(43-30)13-40-25(36)8-2-14-1-7-19(33)21(35)9-14/h1-12,24,26-28,30,37-39H,13H2,(H4-,31,32,33,34,35,36)/p+1/t24?,26-,27?,28?,30-/m1/s1. The molecule has 1 fully saturated rings. The van der Waals surface area contributed by atoms with Gasteiger partial charge in [-0.2, -0.15) is 0 Å². The summed E-state index contributed by atoms with van der Waals surface area (Å²) in [5.74, 6) is -2.25. The normalized spacial score (nSPS) is 22.1. The maximum atomic E-state index is 12.3. The molecular formula is C30H27O13+. The number of rotatable bonds is 7. The van der Waals surface area contributed by atoms with Crippen LogP contribution in [0, 0.1) is 0 Å². The summed E-state index contributed by atoms with van der Waals surface area (Å²) in [7, 11) is 0. The number of carbonyl (C=O) groups excluding carboxylic acids is 1. The van der Waals surface area contributed by atoms with Crippen LogP contribution in [0.5, 0.6) is 34.5 Å². The number of hydrogen-bond donors (Lipinski definition) is 8. The van der Waals surface area contributed by atoms with E-state index in [1.807, 2.05) is 0 Å². The summed E-state index contributed by atoms with van der Waals surface area (Å²) < 4.78 is 22.6. The molecule has 3 unspecified atom stereocenters. The Bertz CT molecular complexity index is 1670. The fourth-order valence-corrected chi connectivity index (χ4v) is 4.38. The number of benzene rings is 3. The van der Waals surface area contributed by atoms with Gasteiger partial charge in [-0.1, -0.05) is 6.07 Å². The molecule has 1 aromatic heterocycles. The summed E-state index contributed by atoms with van der Waals surface area (Å²) >= 11 is 0. The van der Waals surface area contributed by atoms with Crippen molar-refractivity contribution in [1.82, 2.24) is 0 Å². The Kier molecular flexibility index (Phi) is 8.23. The number of esters is 1. The molecule has 0 saturated carbocycles. The smallest absolute Gasteiger partial charge is 0.402 e. The van der Waals surface area contributed by atoms with Crippen molar-refractivity contribution in [2.45, 2.75) is 30.7 Å². The van der Waals surface area contributed by atoms with Gasteiger partial charge in [-0.05, 0) is 48.0 Å². The van der Waals surface area contributed by atoms with E-state index in [9.17, 15) is 45.6 Å². The first-order chi connectivity index (χ1) is 20.5. The van der Waals surface area contributed by atoms with Crippen LogP contribution in [0.15, 0.2) is 71.2 Å². The molecule has 5 rings (SSSR count). The predicted molar refractivity (Wildman–Crippen MR) is 148 cm³/mol. The van der Waals surface area contributed by atoms with Crippen molar-refractivity contribution in [3.63, 3.8) is 0 Å². The molecule has 0 amide bonds. The minimum absolute atomic E-state index is 0.0288. The fraction of sp³-hybridized carbons (Fsp3) is 0.200. The van der Waals surface area contributed by atoms with E-state index in [0.717, 1.165) is 12.1 Å². The van der Waals surface area contributed by atoms with Gasteiger partial charge in [-0.15, -0.1) is 0 Å². The SMILES string of the molecule is O=C(/C=C/c1ccc(O)c(O)c1)OCC1O[C@@H](Oc2cc3c(O)cc(O)cc3[o+]c2-c2ccc(O)cc2)C(O)C(O)[C@@H]1O. The Labute approximate surface area is 242 Å². The molecule has 5 atom stereocenters. The largest absolute Gasteiger partial charge is 0.508 e. The van der Waals surface area contributed by atoms with Crippen LogP contribution in [0.2, 0.25) is 0 Å². The summed E-state index contributed by atoms with van der Waals surface area (Å²) in [6, 6.07) is 13.4. The highest BCUT2D eigenvalue weighted by molar-refractivity contribution is 5.88. The van der Waals surface area contributed by atoms with E-state index in [-0.39, 0.29) is 51.2 Å². The van der Waals surface area contributed by atoms with E-state index in [1.165, 1.54) is 60.7 Å².